The molecule has 0 radical (unpaired) electrons. The average molecular weight is 321 g/mol. The van der Waals surface area contributed by atoms with E-state index in [9.17, 15) is 0 Å². The highest BCUT2D eigenvalue weighted by atomic mass is 79.9. The normalized spacial score (nSPS) is 10.1. The quantitative estimate of drug-likeness (QED) is 0.679. The Labute approximate surface area is 117 Å². The van der Waals surface area contributed by atoms with Crippen LogP contribution in [0.1, 0.15) is 5.56 Å². The fourth-order valence-corrected chi connectivity index (χ4v) is 2.24. The minimum atomic E-state index is 0.395. The Morgan fingerprint density at radius 1 is 1.39 bits per heavy atom. The number of rotatable bonds is 2. The zero-order chi connectivity index (χ0) is 13.1. The maximum absolute atomic E-state index is 8.91. The van der Waals surface area contributed by atoms with Gasteiger partial charge in [0, 0.05) is 5.56 Å². The van der Waals surface area contributed by atoms with Crippen LogP contribution in [0.15, 0.2) is 33.9 Å². The molecule has 0 unspecified atom stereocenters. The van der Waals surface area contributed by atoms with Crippen molar-refractivity contribution < 1.29 is 0 Å². The van der Waals surface area contributed by atoms with Crippen LogP contribution in [-0.2, 0) is 0 Å². The predicted octanol–water partition coefficient (Wildman–Crippen LogP) is 3.08. The minimum Gasteiger partial charge on any atom is -0.383 e. The number of nitrogen functional groups attached to an aromatic ring is 1. The topological polar surface area (TPSA) is 75.6 Å². The number of benzene rings is 1. The van der Waals surface area contributed by atoms with Crippen molar-refractivity contribution in [3.8, 4) is 17.3 Å². The van der Waals surface area contributed by atoms with Gasteiger partial charge in [0.1, 0.15) is 5.82 Å². The van der Waals surface area contributed by atoms with Crippen LogP contribution < -0.4 is 5.73 Å². The van der Waals surface area contributed by atoms with Gasteiger partial charge in [-0.2, -0.15) is 5.26 Å². The van der Waals surface area contributed by atoms with Crippen LogP contribution >= 0.6 is 27.7 Å². The van der Waals surface area contributed by atoms with Crippen LogP contribution in [-0.4, -0.2) is 16.2 Å². The molecule has 0 bridgehead atoms. The second-order valence-corrected chi connectivity index (χ2v) is 5.02. The van der Waals surface area contributed by atoms with Crippen LogP contribution in [0.2, 0.25) is 0 Å². The smallest absolute Gasteiger partial charge is 0.189 e. The third-order valence-corrected chi connectivity index (χ3v) is 3.63. The van der Waals surface area contributed by atoms with Crippen molar-refractivity contribution in [3.05, 3.63) is 34.3 Å². The van der Waals surface area contributed by atoms with Crippen molar-refractivity contribution in [2.45, 2.75) is 5.16 Å². The number of nitrogens with two attached hydrogens (primary N) is 1. The molecule has 90 valence electrons. The van der Waals surface area contributed by atoms with Gasteiger partial charge in [-0.05, 0) is 34.3 Å². The van der Waals surface area contributed by atoms with Gasteiger partial charge in [0.2, 0.25) is 0 Å². The van der Waals surface area contributed by atoms with E-state index in [1.807, 2.05) is 18.4 Å². The summed E-state index contributed by atoms with van der Waals surface area (Å²) in [6, 6.07) is 9.33. The van der Waals surface area contributed by atoms with Crippen molar-refractivity contribution in [2.24, 2.45) is 0 Å². The van der Waals surface area contributed by atoms with Gasteiger partial charge < -0.3 is 5.73 Å². The molecule has 0 spiro atoms. The largest absolute Gasteiger partial charge is 0.383 e. The van der Waals surface area contributed by atoms with Gasteiger partial charge in [0.05, 0.1) is 21.8 Å². The van der Waals surface area contributed by atoms with E-state index in [0.29, 0.717) is 26.7 Å². The van der Waals surface area contributed by atoms with Crippen LogP contribution in [0.4, 0.5) is 5.82 Å². The van der Waals surface area contributed by atoms with Crippen molar-refractivity contribution in [3.63, 3.8) is 0 Å². The summed E-state index contributed by atoms with van der Waals surface area (Å²) in [5, 5.41) is 9.52. The molecular formula is C12H9BrN4S. The third-order valence-electron chi connectivity index (χ3n) is 2.30. The number of hydrogen-bond acceptors (Lipinski definition) is 5. The molecule has 2 N–H and O–H groups in total. The highest BCUT2D eigenvalue weighted by Gasteiger charge is 2.12. The van der Waals surface area contributed by atoms with E-state index in [1.54, 1.807) is 12.1 Å². The van der Waals surface area contributed by atoms with Gasteiger partial charge in [-0.3, -0.25) is 0 Å². The van der Waals surface area contributed by atoms with Crippen LogP contribution in [0.5, 0.6) is 0 Å². The molecule has 0 atom stereocenters. The Kier molecular flexibility index (Phi) is 3.84. The van der Waals surface area contributed by atoms with E-state index in [4.69, 9.17) is 11.0 Å². The summed E-state index contributed by atoms with van der Waals surface area (Å²) in [5.74, 6) is 0.395. The monoisotopic (exact) mass is 320 g/mol. The van der Waals surface area contributed by atoms with Crippen molar-refractivity contribution in [1.82, 2.24) is 9.97 Å². The summed E-state index contributed by atoms with van der Waals surface area (Å²) in [7, 11) is 0. The van der Waals surface area contributed by atoms with E-state index >= 15 is 0 Å². The van der Waals surface area contributed by atoms with Gasteiger partial charge in [0.15, 0.2) is 5.16 Å². The number of halogens is 1. The summed E-state index contributed by atoms with van der Waals surface area (Å²) in [6.07, 6.45) is 1.89. The molecule has 18 heavy (non-hydrogen) atoms. The molecule has 0 fully saturated rings. The zero-order valence-corrected chi connectivity index (χ0v) is 11.9. The fraction of sp³-hybridized carbons (Fsp3) is 0.0833. The van der Waals surface area contributed by atoms with Crippen LogP contribution in [0, 0.1) is 11.3 Å². The van der Waals surface area contributed by atoms with E-state index in [2.05, 4.69) is 32.0 Å². The van der Waals surface area contributed by atoms with Crippen molar-refractivity contribution >= 4 is 33.5 Å². The van der Waals surface area contributed by atoms with E-state index in [0.717, 1.165) is 5.56 Å². The van der Waals surface area contributed by atoms with Gasteiger partial charge in [-0.15, -0.1) is 0 Å². The molecule has 6 heteroatoms. The maximum atomic E-state index is 8.91. The molecular weight excluding hydrogens is 312 g/mol. The molecule has 1 aromatic heterocycles. The SMILES string of the molecule is CSc1nc(N)c(Br)c(-c2cccc(C#N)c2)n1. The first kappa shape index (κ1) is 12.9. The standard InChI is InChI=1S/C12H9BrN4S/c1-18-12-16-10(9(13)11(15)17-12)8-4-2-3-7(5-8)6-14/h2-5H,1H3,(H2,15,16,17). The van der Waals surface area contributed by atoms with Gasteiger partial charge >= 0.3 is 0 Å². The minimum absolute atomic E-state index is 0.395. The molecule has 0 saturated carbocycles. The summed E-state index contributed by atoms with van der Waals surface area (Å²) in [5.41, 5.74) is 7.95. The Hall–Kier alpha value is -1.58. The lowest BCUT2D eigenvalue weighted by Crippen LogP contribution is -1.99. The van der Waals surface area contributed by atoms with Gasteiger partial charge in [-0.25, -0.2) is 9.97 Å². The summed E-state index contributed by atoms with van der Waals surface area (Å²) < 4.78 is 0.649. The van der Waals surface area contributed by atoms with E-state index in [-0.39, 0.29) is 0 Å². The lowest BCUT2D eigenvalue weighted by Gasteiger charge is -2.08. The molecule has 0 amide bonds. The van der Waals surface area contributed by atoms with Crippen LogP contribution in [0.25, 0.3) is 11.3 Å². The average Bonchev–Trinajstić information content (AvgIpc) is 2.41. The lowest BCUT2D eigenvalue weighted by molar-refractivity contribution is 0.977. The molecule has 0 aliphatic rings. The zero-order valence-electron chi connectivity index (χ0n) is 9.51. The number of nitrogens with zero attached hydrogens (tertiary/aromatic N) is 3. The molecule has 2 aromatic rings. The predicted molar refractivity (Wildman–Crippen MR) is 76.1 cm³/mol. The van der Waals surface area contributed by atoms with E-state index < -0.39 is 0 Å². The highest BCUT2D eigenvalue weighted by Crippen LogP contribution is 2.31. The Bertz CT molecular complexity index is 636. The third kappa shape index (κ3) is 2.47. The summed E-state index contributed by atoms with van der Waals surface area (Å²) >= 11 is 4.81. The van der Waals surface area contributed by atoms with Gasteiger partial charge in [-0.1, -0.05) is 23.9 Å². The van der Waals surface area contributed by atoms with Crippen molar-refractivity contribution in [2.75, 3.05) is 12.0 Å². The summed E-state index contributed by atoms with van der Waals surface area (Å²) in [6.45, 7) is 0. The fourth-order valence-electron chi connectivity index (χ4n) is 1.46. The lowest BCUT2D eigenvalue weighted by atomic mass is 10.1. The highest BCUT2D eigenvalue weighted by molar-refractivity contribution is 9.10. The van der Waals surface area contributed by atoms with Gasteiger partial charge in [0.25, 0.3) is 0 Å². The molecule has 0 aliphatic carbocycles. The number of thioether (sulfide) groups is 1. The molecule has 1 heterocycles. The Balaban J connectivity index is 2.63. The molecule has 0 aliphatic heterocycles. The number of nitriles is 1. The number of anilines is 1. The number of aromatic nitrogens is 2. The maximum Gasteiger partial charge on any atom is 0.189 e. The molecule has 0 saturated heterocycles. The second-order valence-electron chi connectivity index (χ2n) is 3.45. The molecule has 4 nitrogen and oxygen atoms in total. The second kappa shape index (κ2) is 5.38. The molecule has 2 rings (SSSR count). The Morgan fingerprint density at radius 3 is 2.83 bits per heavy atom. The first-order chi connectivity index (χ1) is 8.65. The van der Waals surface area contributed by atoms with Crippen LogP contribution in [0.3, 0.4) is 0 Å². The van der Waals surface area contributed by atoms with E-state index in [1.165, 1.54) is 11.8 Å². The summed E-state index contributed by atoms with van der Waals surface area (Å²) in [4.78, 5) is 8.55. The molecule has 1 aromatic carbocycles. The first-order valence-corrected chi connectivity index (χ1v) is 7.05. The van der Waals surface area contributed by atoms with Crippen molar-refractivity contribution in [1.29, 1.82) is 5.26 Å². The number of hydrogen-bond donors (Lipinski definition) is 1. The first-order valence-electron chi connectivity index (χ1n) is 5.03. The Morgan fingerprint density at radius 2 is 2.17 bits per heavy atom.